The lowest BCUT2D eigenvalue weighted by Crippen LogP contribution is -2.52. The third kappa shape index (κ3) is 7.63. The third-order valence-electron chi connectivity index (χ3n) is 6.77. The maximum absolute atomic E-state index is 14.0. The molecule has 0 bridgehead atoms. The number of nitrogens with zero attached hydrogens (tertiary/aromatic N) is 2. The fraction of sp³-hybridized carbons (Fsp3) is 0.333. The predicted molar refractivity (Wildman–Crippen MR) is 157 cm³/mol. The van der Waals surface area contributed by atoms with Crippen LogP contribution in [-0.2, 0) is 32.3 Å². The molecule has 2 amide bonds. The molecule has 7 nitrogen and oxygen atoms in total. The fourth-order valence-corrected chi connectivity index (χ4v) is 6.07. The number of aryl methyl sites for hydroxylation is 2. The first-order valence-corrected chi connectivity index (χ1v) is 15.1. The normalized spacial score (nSPS) is 12.5. The zero-order valence-corrected chi connectivity index (χ0v) is 25.3. The van der Waals surface area contributed by atoms with Crippen molar-refractivity contribution in [2.45, 2.75) is 57.8 Å². The van der Waals surface area contributed by atoms with Crippen LogP contribution in [-0.4, -0.2) is 44.3 Å². The van der Waals surface area contributed by atoms with Crippen molar-refractivity contribution in [1.29, 1.82) is 0 Å². The van der Waals surface area contributed by atoms with Crippen LogP contribution in [0.5, 0.6) is 0 Å². The van der Waals surface area contributed by atoms with Gasteiger partial charge in [-0.3, -0.25) is 13.9 Å². The van der Waals surface area contributed by atoms with Crippen molar-refractivity contribution >= 4 is 39.1 Å². The van der Waals surface area contributed by atoms with Gasteiger partial charge in [0.1, 0.15) is 12.6 Å². The van der Waals surface area contributed by atoms with Crippen LogP contribution in [0.1, 0.15) is 42.5 Å². The summed E-state index contributed by atoms with van der Waals surface area (Å²) in [4.78, 5) is 28.1. The van der Waals surface area contributed by atoms with E-state index in [2.05, 4.69) is 5.32 Å². The van der Waals surface area contributed by atoms with Gasteiger partial charge in [-0.2, -0.15) is 13.2 Å². The first-order chi connectivity index (χ1) is 19.7. The van der Waals surface area contributed by atoms with Gasteiger partial charge >= 0.3 is 6.18 Å². The number of likely N-dealkylation sites (N-methyl/N-ethyl adjacent to an activating group) is 1. The summed E-state index contributed by atoms with van der Waals surface area (Å²) in [6.45, 7) is 6.46. The van der Waals surface area contributed by atoms with E-state index in [4.69, 9.17) is 11.6 Å². The Balaban J connectivity index is 2.16. The molecule has 0 saturated carbocycles. The van der Waals surface area contributed by atoms with Crippen LogP contribution in [0, 0.1) is 13.8 Å². The molecule has 0 unspecified atom stereocenters. The maximum Gasteiger partial charge on any atom is 0.417 e. The molecule has 3 rings (SSSR count). The van der Waals surface area contributed by atoms with Crippen molar-refractivity contribution in [3.63, 3.8) is 0 Å². The second-order valence-corrected chi connectivity index (χ2v) is 12.0. The summed E-state index contributed by atoms with van der Waals surface area (Å²) in [6.07, 6.45) is -4.66. The van der Waals surface area contributed by atoms with Crippen LogP contribution in [0.3, 0.4) is 0 Å². The zero-order valence-electron chi connectivity index (χ0n) is 23.7. The largest absolute Gasteiger partial charge is 0.417 e. The van der Waals surface area contributed by atoms with E-state index in [1.165, 1.54) is 17.0 Å². The topological polar surface area (TPSA) is 86.8 Å². The van der Waals surface area contributed by atoms with Crippen molar-refractivity contribution in [3.05, 3.63) is 94.0 Å². The van der Waals surface area contributed by atoms with Crippen molar-refractivity contribution in [3.8, 4) is 0 Å². The Bertz CT molecular complexity index is 1530. The molecule has 3 aromatic rings. The Labute approximate surface area is 249 Å². The van der Waals surface area contributed by atoms with Crippen LogP contribution < -0.4 is 9.62 Å². The van der Waals surface area contributed by atoms with Crippen molar-refractivity contribution in [2.75, 3.05) is 17.4 Å². The van der Waals surface area contributed by atoms with E-state index in [1.807, 2.05) is 19.1 Å². The maximum atomic E-state index is 14.0. The van der Waals surface area contributed by atoms with Crippen LogP contribution in [0.2, 0.25) is 5.02 Å². The van der Waals surface area contributed by atoms with Crippen molar-refractivity contribution in [2.24, 2.45) is 0 Å². The zero-order chi connectivity index (χ0) is 31.2. The average Bonchev–Trinajstić information content (AvgIpc) is 2.92. The number of hydrogen-bond donors (Lipinski definition) is 1. The average molecular weight is 624 g/mol. The third-order valence-corrected chi connectivity index (χ3v) is 8.89. The summed E-state index contributed by atoms with van der Waals surface area (Å²) in [7, 11) is -4.54. The number of anilines is 1. The minimum Gasteiger partial charge on any atom is -0.355 e. The van der Waals surface area contributed by atoms with Gasteiger partial charge in [0.25, 0.3) is 10.0 Å². The molecule has 0 radical (unpaired) electrons. The van der Waals surface area contributed by atoms with Crippen LogP contribution >= 0.6 is 11.6 Å². The number of amides is 2. The Hall–Kier alpha value is -3.57. The number of benzene rings is 3. The van der Waals surface area contributed by atoms with Gasteiger partial charge in [0.2, 0.25) is 11.8 Å². The van der Waals surface area contributed by atoms with Crippen LogP contribution in [0.15, 0.2) is 71.6 Å². The molecular weight excluding hydrogens is 591 g/mol. The minimum atomic E-state index is -4.88. The summed E-state index contributed by atoms with van der Waals surface area (Å²) < 4.78 is 69.7. The molecule has 12 heteroatoms. The predicted octanol–water partition coefficient (Wildman–Crippen LogP) is 6.11. The molecule has 1 atom stereocenters. The monoisotopic (exact) mass is 623 g/mol. The Kier molecular flexibility index (Phi) is 10.7. The van der Waals surface area contributed by atoms with E-state index in [-0.39, 0.29) is 17.9 Å². The van der Waals surface area contributed by atoms with Crippen LogP contribution in [0.4, 0.5) is 18.9 Å². The van der Waals surface area contributed by atoms with Gasteiger partial charge in [-0.25, -0.2) is 8.42 Å². The number of carbonyl (C=O) groups excluding carboxylic acids is 2. The fourth-order valence-electron chi connectivity index (χ4n) is 4.43. The number of alkyl halides is 3. The van der Waals surface area contributed by atoms with E-state index >= 15 is 0 Å². The second-order valence-electron chi connectivity index (χ2n) is 9.75. The van der Waals surface area contributed by atoms with Crippen molar-refractivity contribution in [1.82, 2.24) is 10.2 Å². The molecule has 0 aliphatic rings. The molecule has 0 aliphatic carbocycles. The number of carbonyl (C=O) groups is 2. The van der Waals surface area contributed by atoms with Crippen molar-refractivity contribution < 1.29 is 31.2 Å². The number of rotatable bonds is 11. The SMILES string of the molecule is CCNC(=O)[C@H](CC)N(Cc1ccccc1C)C(=O)CN(c1ccc(Cl)c(C(F)(F)F)c1)S(=O)(=O)c1ccc(C)cc1. The number of hydrogen-bond acceptors (Lipinski definition) is 4. The summed E-state index contributed by atoms with van der Waals surface area (Å²) in [5, 5.41) is 2.09. The van der Waals surface area contributed by atoms with E-state index < -0.39 is 56.9 Å². The van der Waals surface area contributed by atoms with E-state index in [9.17, 15) is 31.2 Å². The smallest absolute Gasteiger partial charge is 0.355 e. The summed E-state index contributed by atoms with van der Waals surface area (Å²) >= 11 is 5.81. The molecule has 0 saturated heterocycles. The Morgan fingerprint density at radius 1 is 0.976 bits per heavy atom. The molecule has 0 heterocycles. The van der Waals surface area contributed by atoms with Gasteiger partial charge in [0, 0.05) is 13.1 Å². The van der Waals surface area contributed by atoms with E-state index in [0.29, 0.717) is 16.9 Å². The highest BCUT2D eigenvalue weighted by Gasteiger charge is 2.37. The first kappa shape index (κ1) is 32.9. The highest BCUT2D eigenvalue weighted by Crippen LogP contribution is 2.38. The first-order valence-electron chi connectivity index (χ1n) is 13.3. The highest BCUT2D eigenvalue weighted by molar-refractivity contribution is 7.92. The van der Waals surface area contributed by atoms with Gasteiger partial charge < -0.3 is 10.2 Å². The summed E-state index contributed by atoms with van der Waals surface area (Å²) in [5.74, 6) is -1.20. The molecule has 0 aromatic heterocycles. The standard InChI is InChI=1S/C30H33ClF3N3O4S/c1-5-27(29(39)35-6-2)36(18-22-10-8-7-9-21(22)4)28(38)19-37(42(40,41)24-14-11-20(3)12-15-24)23-13-16-26(31)25(17-23)30(32,33)34/h7-17,27H,5-6,18-19H2,1-4H3,(H,35,39)/t27-/m0/s1. The number of nitrogens with one attached hydrogen (secondary N) is 1. The van der Waals surface area contributed by atoms with Gasteiger partial charge in [0.05, 0.1) is 21.2 Å². The molecule has 3 aromatic carbocycles. The lowest BCUT2D eigenvalue weighted by molar-refractivity contribution is -0.140. The quantitative estimate of drug-likeness (QED) is 0.279. The van der Waals surface area contributed by atoms with E-state index in [0.717, 1.165) is 28.8 Å². The Morgan fingerprint density at radius 2 is 1.62 bits per heavy atom. The van der Waals surface area contributed by atoms with Gasteiger partial charge in [0.15, 0.2) is 0 Å². The lowest BCUT2D eigenvalue weighted by Gasteiger charge is -2.33. The summed E-state index contributed by atoms with van der Waals surface area (Å²) in [5.41, 5.74) is 0.691. The molecule has 226 valence electrons. The number of sulfonamides is 1. The van der Waals surface area contributed by atoms with Gasteiger partial charge in [-0.15, -0.1) is 0 Å². The van der Waals surface area contributed by atoms with Gasteiger partial charge in [-0.1, -0.05) is 60.5 Å². The molecular formula is C30H33ClF3N3O4S. The van der Waals surface area contributed by atoms with E-state index in [1.54, 1.807) is 45.0 Å². The number of halogens is 4. The van der Waals surface area contributed by atoms with Crippen LogP contribution in [0.25, 0.3) is 0 Å². The molecule has 42 heavy (non-hydrogen) atoms. The minimum absolute atomic E-state index is 0.0199. The second kappa shape index (κ2) is 13.6. The lowest BCUT2D eigenvalue weighted by atomic mass is 10.1. The Morgan fingerprint density at radius 3 is 2.19 bits per heavy atom. The van der Waals surface area contributed by atoms with Gasteiger partial charge in [-0.05, 0) is 68.7 Å². The highest BCUT2D eigenvalue weighted by atomic mass is 35.5. The summed E-state index contributed by atoms with van der Waals surface area (Å²) in [6, 6.07) is 14.6. The molecule has 1 N–H and O–H groups in total. The molecule has 0 fully saturated rings. The molecule has 0 spiro atoms. The molecule has 0 aliphatic heterocycles.